The molecule has 3 aromatic carbocycles. The molecule has 0 saturated carbocycles. The van der Waals surface area contributed by atoms with Gasteiger partial charge in [0.15, 0.2) is 0 Å². The van der Waals surface area contributed by atoms with Crippen LogP contribution in [0.3, 0.4) is 0 Å². The summed E-state index contributed by atoms with van der Waals surface area (Å²) in [7, 11) is 0. The van der Waals surface area contributed by atoms with E-state index in [2.05, 4.69) is 15.9 Å². The predicted molar refractivity (Wildman–Crippen MR) is 118 cm³/mol. The maximum atomic E-state index is 13.2. The van der Waals surface area contributed by atoms with Crippen molar-refractivity contribution in [2.24, 2.45) is 0 Å². The van der Waals surface area contributed by atoms with Crippen LogP contribution in [0.1, 0.15) is 29.2 Å². The van der Waals surface area contributed by atoms with Gasteiger partial charge in [-0.25, -0.2) is 9.86 Å². The number of hydrogen-bond donors (Lipinski definition) is 0. The zero-order chi connectivity index (χ0) is 20.8. The standard InChI is InChI=1S/C24H23BrN2O3/c25-22-14-8-7-13-21(22)23-15-16-26(29-17-19-9-3-1-4-10-19)24(28)27(23)30-18-20-11-5-2-6-12-20/h1-14,23H,15-18H2/t23-/m0/s1. The molecule has 1 aliphatic heterocycles. The third kappa shape index (κ3) is 4.90. The molecule has 30 heavy (non-hydrogen) atoms. The van der Waals surface area contributed by atoms with Crippen LogP contribution in [0, 0.1) is 0 Å². The molecule has 0 spiro atoms. The number of benzene rings is 3. The van der Waals surface area contributed by atoms with E-state index in [0.29, 0.717) is 26.2 Å². The summed E-state index contributed by atoms with van der Waals surface area (Å²) in [6.07, 6.45) is 0.692. The monoisotopic (exact) mass is 466 g/mol. The maximum Gasteiger partial charge on any atom is 0.368 e. The lowest BCUT2D eigenvalue weighted by Gasteiger charge is -2.39. The van der Waals surface area contributed by atoms with Gasteiger partial charge >= 0.3 is 6.03 Å². The summed E-state index contributed by atoms with van der Waals surface area (Å²) in [5.41, 5.74) is 3.02. The third-order valence-electron chi connectivity index (χ3n) is 5.00. The molecule has 0 bridgehead atoms. The first-order valence-corrected chi connectivity index (χ1v) is 10.7. The number of rotatable bonds is 7. The van der Waals surface area contributed by atoms with Gasteiger partial charge in [0.1, 0.15) is 13.2 Å². The SMILES string of the molecule is O=C1N(OCc2ccccc2)CC[C@@H](c2ccccc2Br)N1OCc1ccccc1. The number of halogens is 1. The molecule has 1 heterocycles. The molecule has 6 heteroatoms. The molecule has 0 aromatic heterocycles. The number of hydroxylamine groups is 4. The average Bonchev–Trinajstić information content (AvgIpc) is 2.79. The molecule has 1 aliphatic rings. The van der Waals surface area contributed by atoms with Crippen LogP contribution in [0.5, 0.6) is 0 Å². The predicted octanol–water partition coefficient (Wildman–Crippen LogP) is 5.88. The van der Waals surface area contributed by atoms with Crippen molar-refractivity contribution in [1.82, 2.24) is 10.1 Å². The van der Waals surface area contributed by atoms with Gasteiger partial charge in [0, 0.05) is 4.47 Å². The van der Waals surface area contributed by atoms with E-state index in [0.717, 1.165) is 21.2 Å². The van der Waals surface area contributed by atoms with Gasteiger partial charge in [-0.05, 0) is 29.2 Å². The Morgan fingerprint density at radius 2 is 1.37 bits per heavy atom. The molecule has 1 fully saturated rings. The molecule has 0 radical (unpaired) electrons. The summed E-state index contributed by atoms with van der Waals surface area (Å²) in [4.78, 5) is 25.1. The minimum absolute atomic E-state index is 0.201. The highest BCUT2D eigenvalue weighted by Crippen LogP contribution is 2.35. The first-order chi connectivity index (χ1) is 14.7. The number of carbonyl (C=O) groups is 1. The van der Waals surface area contributed by atoms with Gasteiger partial charge in [0.05, 0.1) is 12.6 Å². The van der Waals surface area contributed by atoms with Crippen molar-refractivity contribution in [2.45, 2.75) is 25.7 Å². The molecule has 1 saturated heterocycles. The normalized spacial score (nSPS) is 16.7. The molecule has 0 N–H and O–H groups in total. The molecular weight excluding hydrogens is 444 g/mol. The number of hydrogen-bond acceptors (Lipinski definition) is 3. The van der Waals surface area contributed by atoms with Gasteiger partial charge in [-0.15, -0.1) is 0 Å². The van der Waals surface area contributed by atoms with Crippen molar-refractivity contribution >= 4 is 22.0 Å². The fourth-order valence-electron chi connectivity index (χ4n) is 3.43. The zero-order valence-corrected chi connectivity index (χ0v) is 18.1. The molecule has 0 aliphatic carbocycles. The Labute approximate surface area is 184 Å². The van der Waals surface area contributed by atoms with Crippen LogP contribution in [-0.2, 0) is 22.9 Å². The van der Waals surface area contributed by atoms with Gasteiger partial charge < -0.3 is 0 Å². The fraction of sp³-hybridized carbons (Fsp3) is 0.208. The highest BCUT2D eigenvalue weighted by atomic mass is 79.9. The summed E-state index contributed by atoms with van der Waals surface area (Å²) in [6.45, 7) is 1.13. The minimum atomic E-state index is -0.297. The van der Waals surface area contributed by atoms with Crippen molar-refractivity contribution in [2.75, 3.05) is 6.54 Å². The van der Waals surface area contributed by atoms with Crippen LogP contribution in [0.2, 0.25) is 0 Å². The summed E-state index contributed by atoms with van der Waals surface area (Å²) in [5.74, 6) is 0. The molecule has 1 atom stereocenters. The lowest BCUT2D eigenvalue weighted by molar-refractivity contribution is -0.228. The van der Waals surface area contributed by atoms with Crippen molar-refractivity contribution in [1.29, 1.82) is 0 Å². The maximum absolute atomic E-state index is 13.2. The van der Waals surface area contributed by atoms with Crippen LogP contribution in [0.25, 0.3) is 0 Å². The number of carbonyl (C=O) groups excluding carboxylic acids is 1. The van der Waals surface area contributed by atoms with Crippen molar-refractivity contribution < 1.29 is 14.5 Å². The highest BCUT2D eigenvalue weighted by Gasteiger charge is 2.37. The second-order valence-electron chi connectivity index (χ2n) is 7.05. The molecule has 2 amide bonds. The smallest absolute Gasteiger partial charge is 0.265 e. The van der Waals surface area contributed by atoms with E-state index in [1.807, 2.05) is 84.9 Å². The summed E-state index contributed by atoms with van der Waals surface area (Å²) < 4.78 is 0.953. The zero-order valence-electron chi connectivity index (χ0n) is 16.5. The highest BCUT2D eigenvalue weighted by molar-refractivity contribution is 9.10. The van der Waals surface area contributed by atoms with Gasteiger partial charge in [-0.2, -0.15) is 5.06 Å². The third-order valence-corrected chi connectivity index (χ3v) is 5.72. The Kier molecular flexibility index (Phi) is 6.79. The van der Waals surface area contributed by atoms with Gasteiger partial charge in [0.2, 0.25) is 0 Å². The van der Waals surface area contributed by atoms with Gasteiger partial charge in [-0.1, -0.05) is 94.8 Å². The van der Waals surface area contributed by atoms with E-state index in [-0.39, 0.29) is 12.1 Å². The second kappa shape index (κ2) is 9.89. The van der Waals surface area contributed by atoms with E-state index in [1.54, 1.807) is 0 Å². The summed E-state index contributed by atoms with van der Waals surface area (Å²) in [5, 5.41) is 2.84. The Hall–Kier alpha value is -2.67. The second-order valence-corrected chi connectivity index (χ2v) is 7.91. The van der Waals surface area contributed by atoms with Crippen molar-refractivity contribution in [3.8, 4) is 0 Å². The Balaban J connectivity index is 1.51. The molecular formula is C24H23BrN2O3. The first kappa shape index (κ1) is 20.6. The quantitative estimate of drug-likeness (QED) is 0.436. The topological polar surface area (TPSA) is 42.0 Å². The molecule has 5 nitrogen and oxygen atoms in total. The summed E-state index contributed by atoms with van der Waals surface area (Å²) >= 11 is 3.61. The van der Waals surface area contributed by atoms with E-state index < -0.39 is 0 Å². The van der Waals surface area contributed by atoms with E-state index in [1.165, 1.54) is 10.1 Å². The lowest BCUT2D eigenvalue weighted by atomic mass is 10.0. The van der Waals surface area contributed by atoms with Crippen LogP contribution in [0.4, 0.5) is 4.79 Å². The molecule has 4 rings (SSSR count). The Morgan fingerprint density at radius 1 is 0.800 bits per heavy atom. The van der Waals surface area contributed by atoms with Crippen LogP contribution < -0.4 is 0 Å². The average molecular weight is 467 g/mol. The Bertz CT molecular complexity index is 968. The van der Waals surface area contributed by atoms with Crippen LogP contribution in [-0.4, -0.2) is 22.7 Å². The first-order valence-electron chi connectivity index (χ1n) is 9.91. The van der Waals surface area contributed by atoms with Crippen molar-refractivity contribution in [3.63, 3.8) is 0 Å². The molecule has 0 unspecified atom stereocenters. The van der Waals surface area contributed by atoms with E-state index >= 15 is 0 Å². The van der Waals surface area contributed by atoms with Crippen LogP contribution in [0.15, 0.2) is 89.4 Å². The van der Waals surface area contributed by atoms with Gasteiger partial charge in [0.25, 0.3) is 0 Å². The molecule has 154 valence electrons. The fourth-order valence-corrected chi connectivity index (χ4v) is 3.98. The number of urea groups is 1. The Morgan fingerprint density at radius 3 is 2.00 bits per heavy atom. The van der Waals surface area contributed by atoms with Crippen LogP contribution >= 0.6 is 15.9 Å². The van der Waals surface area contributed by atoms with Gasteiger partial charge in [-0.3, -0.25) is 9.68 Å². The number of nitrogens with zero attached hydrogens (tertiary/aromatic N) is 2. The largest absolute Gasteiger partial charge is 0.368 e. The van der Waals surface area contributed by atoms with E-state index in [4.69, 9.17) is 9.68 Å². The lowest BCUT2D eigenvalue weighted by Crippen LogP contribution is -2.50. The summed E-state index contributed by atoms with van der Waals surface area (Å²) in [6, 6.07) is 27.1. The number of amides is 2. The van der Waals surface area contributed by atoms with Crippen molar-refractivity contribution in [3.05, 3.63) is 106 Å². The van der Waals surface area contributed by atoms with E-state index in [9.17, 15) is 4.79 Å². The minimum Gasteiger partial charge on any atom is -0.265 e. The molecule has 3 aromatic rings.